The van der Waals surface area contributed by atoms with Gasteiger partial charge in [-0.05, 0) is 12.1 Å². The first-order valence-corrected chi connectivity index (χ1v) is 7.26. The van der Waals surface area contributed by atoms with Crippen molar-refractivity contribution in [3.63, 3.8) is 0 Å². The molecule has 3 rings (SSSR count). The molecule has 0 aliphatic carbocycles. The summed E-state index contributed by atoms with van der Waals surface area (Å²) in [5, 5.41) is 2.20. The van der Waals surface area contributed by atoms with E-state index < -0.39 is 5.63 Å². The molecule has 4 heteroatoms. The van der Waals surface area contributed by atoms with Crippen LogP contribution in [0.3, 0.4) is 0 Å². The van der Waals surface area contributed by atoms with Crippen molar-refractivity contribution in [2.75, 3.05) is 14.1 Å². The van der Waals surface area contributed by atoms with Crippen LogP contribution in [0.1, 0.15) is 13.8 Å². The molecule has 2 aromatic heterocycles. The van der Waals surface area contributed by atoms with Gasteiger partial charge in [0.1, 0.15) is 10.6 Å². The topological polar surface area (TPSA) is 46.3 Å². The number of benzene rings is 1. The third-order valence-corrected chi connectivity index (χ3v) is 3.10. The van der Waals surface area contributed by atoms with Gasteiger partial charge in [0.15, 0.2) is 0 Å². The summed E-state index contributed by atoms with van der Waals surface area (Å²) in [5.41, 5.74) is 1.40. The molecule has 2 heterocycles. The minimum Gasteiger partial charge on any atom is -0.423 e. The van der Waals surface area contributed by atoms with E-state index in [-0.39, 0.29) is 0 Å². The van der Waals surface area contributed by atoms with E-state index in [0.29, 0.717) is 16.2 Å². The normalized spacial score (nSPS) is 11.4. The molecular formula is C18H20N2O2. The van der Waals surface area contributed by atoms with E-state index in [2.05, 4.69) is 11.6 Å². The van der Waals surface area contributed by atoms with Crippen molar-refractivity contribution in [2.45, 2.75) is 13.8 Å². The van der Waals surface area contributed by atoms with Gasteiger partial charge >= 0.3 is 5.63 Å². The SMILES string of the molecule is C=c1oc(=O)c(=CN(C)C)c2nc3ccccc3cc12.CC. The average molecular weight is 296 g/mol. The maximum Gasteiger partial charge on any atom is 0.347 e. The predicted molar refractivity (Wildman–Crippen MR) is 92.1 cm³/mol. The van der Waals surface area contributed by atoms with Gasteiger partial charge in [-0.25, -0.2) is 9.78 Å². The fourth-order valence-corrected chi connectivity index (χ4v) is 2.22. The summed E-state index contributed by atoms with van der Waals surface area (Å²) in [7, 11) is 3.70. The lowest BCUT2D eigenvalue weighted by atomic mass is 10.1. The Hall–Kier alpha value is -2.62. The summed E-state index contributed by atoms with van der Waals surface area (Å²) in [6.45, 7) is 7.80. The van der Waals surface area contributed by atoms with Crippen molar-refractivity contribution in [1.82, 2.24) is 9.88 Å². The monoisotopic (exact) mass is 296 g/mol. The lowest BCUT2D eigenvalue weighted by Gasteiger charge is -2.05. The highest BCUT2D eigenvalue weighted by atomic mass is 16.4. The van der Waals surface area contributed by atoms with Gasteiger partial charge in [-0.15, -0.1) is 0 Å². The van der Waals surface area contributed by atoms with Crippen LogP contribution in [0.2, 0.25) is 0 Å². The maximum atomic E-state index is 12.0. The Bertz CT molecular complexity index is 972. The highest BCUT2D eigenvalue weighted by molar-refractivity contribution is 5.92. The Labute approximate surface area is 129 Å². The molecule has 0 unspecified atom stereocenters. The third-order valence-electron chi connectivity index (χ3n) is 3.10. The number of fused-ring (bicyclic) bond motifs is 2. The Kier molecular flexibility index (Phi) is 4.61. The van der Waals surface area contributed by atoms with Crippen molar-refractivity contribution in [2.24, 2.45) is 0 Å². The second-order valence-corrected chi connectivity index (χ2v) is 4.90. The Morgan fingerprint density at radius 3 is 2.59 bits per heavy atom. The zero-order chi connectivity index (χ0) is 16.3. The van der Waals surface area contributed by atoms with Crippen molar-refractivity contribution < 1.29 is 4.42 Å². The van der Waals surface area contributed by atoms with Gasteiger partial charge in [0.2, 0.25) is 0 Å². The highest BCUT2D eigenvalue weighted by Crippen LogP contribution is 2.14. The number of nitrogens with zero attached hydrogens (tertiary/aromatic N) is 2. The van der Waals surface area contributed by atoms with Crippen LogP contribution in [0, 0.1) is 0 Å². The van der Waals surface area contributed by atoms with Gasteiger partial charge in [0.05, 0.1) is 11.0 Å². The molecule has 22 heavy (non-hydrogen) atoms. The molecule has 4 nitrogen and oxygen atoms in total. The van der Waals surface area contributed by atoms with Crippen molar-refractivity contribution in [3.05, 3.63) is 51.4 Å². The minimum atomic E-state index is -0.418. The van der Waals surface area contributed by atoms with E-state index in [1.165, 1.54) is 0 Å². The molecular weight excluding hydrogens is 276 g/mol. The quantitative estimate of drug-likeness (QED) is 0.645. The van der Waals surface area contributed by atoms with Crippen LogP contribution in [0.25, 0.3) is 34.6 Å². The van der Waals surface area contributed by atoms with Crippen LogP contribution in [-0.2, 0) is 0 Å². The second kappa shape index (κ2) is 6.43. The number of para-hydroxylation sites is 1. The van der Waals surface area contributed by atoms with Crippen molar-refractivity contribution in [3.8, 4) is 0 Å². The number of aromatic nitrogens is 1. The fraction of sp³-hybridized carbons (Fsp3) is 0.222. The molecule has 0 spiro atoms. The first-order valence-electron chi connectivity index (χ1n) is 7.26. The molecule has 1 aromatic carbocycles. The first kappa shape index (κ1) is 15.8. The molecule has 0 N–H and O–H groups in total. The molecule has 0 aliphatic heterocycles. The van der Waals surface area contributed by atoms with Crippen LogP contribution < -0.4 is 16.3 Å². The molecule has 0 fully saturated rings. The van der Waals surface area contributed by atoms with Gasteiger partial charge in [0, 0.05) is 31.1 Å². The molecule has 0 saturated heterocycles. The number of hydrogen-bond acceptors (Lipinski definition) is 4. The summed E-state index contributed by atoms with van der Waals surface area (Å²) < 4.78 is 5.21. The zero-order valence-electron chi connectivity index (χ0n) is 13.4. The van der Waals surface area contributed by atoms with Gasteiger partial charge in [-0.2, -0.15) is 0 Å². The van der Waals surface area contributed by atoms with Crippen LogP contribution in [-0.4, -0.2) is 24.0 Å². The van der Waals surface area contributed by atoms with Crippen LogP contribution in [0.15, 0.2) is 39.5 Å². The van der Waals surface area contributed by atoms with E-state index >= 15 is 0 Å². The number of hydrogen-bond donors (Lipinski definition) is 0. The molecule has 114 valence electrons. The number of pyridine rings is 1. The molecule has 0 aliphatic rings. The highest BCUT2D eigenvalue weighted by Gasteiger charge is 2.07. The summed E-state index contributed by atoms with van der Waals surface area (Å²) >= 11 is 0. The van der Waals surface area contributed by atoms with Crippen LogP contribution >= 0.6 is 0 Å². The summed E-state index contributed by atoms with van der Waals surface area (Å²) in [4.78, 5) is 18.4. The smallest absolute Gasteiger partial charge is 0.347 e. The zero-order valence-corrected chi connectivity index (χ0v) is 13.4. The predicted octanol–water partition coefficient (Wildman–Crippen LogP) is 2.08. The third kappa shape index (κ3) is 2.86. The van der Waals surface area contributed by atoms with Gasteiger partial charge in [0.25, 0.3) is 0 Å². The van der Waals surface area contributed by atoms with Crippen molar-refractivity contribution >= 4 is 34.6 Å². The van der Waals surface area contributed by atoms with E-state index in [1.807, 2.05) is 58.3 Å². The van der Waals surface area contributed by atoms with E-state index in [9.17, 15) is 4.79 Å². The molecule has 0 atom stereocenters. The second-order valence-electron chi connectivity index (χ2n) is 4.90. The van der Waals surface area contributed by atoms with Gasteiger partial charge in [-0.3, -0.25) is 0 Å². The lowest BCUT2D eigenvalue weighted by molar-refractivity contribution is 0.481. The molecule has 0 amide bonds. The molecule has 0 saturated carbocycles. The fourth-order valence-electron chi connectivity index (χ4n) is 2.22. The maximum absolute atomic E-state index is 12.0. The Morgan fingerprint density at radius 2 is 1.91 bits per heavy atom. The first-order chi connectivity index (χ1) is 10.6. The van der Waals surface area contributed by atoms with Gasteiger partial charge < -0.3 is 9.32 Å². The summed E-state index contributed by atoms with van der Waals surface area (Å²) in [6.07, 6.45) is 1.72. The van der Waals surface area contributed by atoms with Crippen LogP contribution in [0.4, 0.5) is 0 Å². The number of rotatable bonds is 1. The molecule has 0 radical (unpaired) electrons. The molecule has 3 aromatic rings. The summed E-state index contributed by atoms with van der Waals surface area (Å²) in [6, 6.07) is 9.72. The lowest BCUT2D eigenvalue weighted by Crippen LogP contribution is -2.31. The van der Waals surface area contributed by atoms with Crippen molar-refractivity contribution in [1.29, 1.82) is 0 Å². The largest absolute Gasteiger partial charge is 0.423 e. The summed E-state index contributed by atoms with van der Waals surface area (Å²) in [5.74, 6) is 0. The minimum absolute atomic E-state index is 0.346. The van der Waals surface area contributed by atoms with Gasteiger partial charge in [-0.1, -0.05) is 38.6 Å². The Balaban J connectivity index is 0.000000847. The standard InChI is InChI=1S/C16H14N2O2.C2H6/c1-10-12-8-11-6-4-5-7-14(11)17-15(12)13(9-18(2)3)16(19)20-10;1-2/h4-9H,1H2,2-3H3;1-2H3. The Morgan fingerprint density at radius 1 is 1.23 bits per heavy atom. The van der Waals surface area contributed by atoms with E-state index in [4.69, 9.17) is 4.42 Å². The van der Waals surface area contributed by atoms with Crippen LogP contribution in [0.5, 0.6) is 0 Å². The van der Waals surface area contributed by atoms with E-state index in [0.717, 1.165) is 16.3 Å². The van der Waals surface area contributed by atoms with E-state index in [1.54, 1.807) is 11.1 Å². The molecule has 0 bridgehead atoms. The average Bonchev–Trinajstić information content (AvgIpc) is 2.52.